The molecule has 4 nitrogen and oxygen atoms in total. The van der Waals surface area contributed by atoms with Crippen molar-refractivity contribution in [1.82, 2.24) is 5.32 Å². The molecule has 1 N–H and O–H groups in total. The molecule has 1 aliphatic rings. The van der Waals surface area contributed by atoms with Gasteiger partial charge in [-0.1, -0.05) is 31.4 Å². The zero-order valence-electron chi connectivity index (χ0n) is 11.8. The number of hydrogen-bond donors (Lipinski definition) is 1. The molecule has 1 atom stereocenters. The number of nitrogens with zero attached hydrogens (tertiary/aromatic N) is 1. The van der Waals surface area contributed by atoms with Crippen molar-refractivity contribution >= 4 is 5.91 Å². The van der Waals surface area contributed by atoms with Crippen LogP contribution in [0.5, 0.6) is 5.75 Å². The first-order valence-corrected chi connectivity index (χ1v) is 7.17. The van der Waals surface area contributed by atoms with Crippen molar-refractivity contribution in [3.63, 3.8) is 0 Å². The molecule has 0 bridgehead atoms. The predicted molar refractivity (Wildman–Crippen MR) is 76.3 cm³/mol. The third-order valence-electron chi connectivity index (χ3n) is 3.63. The molecule has 0 heterocycles. The van der Waals surface area contributed by atoms with Crippen LogP contribution in [-0.4, -0.2) is 18.1 Å². The molecule has 0 radical (unpaired) electrons. The summed E-state index contributed by atoms with van der Waals surface area (Å²) in [5.74, 6) is 0.353. The van der Waals surface area contributed by atoms with Gasteiger partial charge in [-0.25, -0.2) is 0 Å². The van der Waals surface area contributed by atoms with E-state index in [0.717, 1.165) is 12.8 Å². The Morgan fingerprint density at radius 2 is 2.05 bits per heavy atom. The summed E-state index contributed by atoms with van der Waals surface area (Å²) in [6.07, 6.45) is 5.12. The Balaban J connectivity index is 1.92. The van der Waals surface area contributed by atoms with Crippen LogP contribution in [0.2, 0.25) is 0 Å². The molecular formula is C16H20N2O2. The molecule has 1 unspecified atom stereocenters. The van der Waals surface area contributed by atoms with Gasteiger partial charge >= 0.3 is 0 Å². The Morgan fingerprint density at radius 1 is 1.35 bits per heavy atom. The minimum absolute atomic E-state index is 0.107. The standard InChI is InChI=1S/C16H20N2O2/c1-12(16(19)18-14-8-3-2-4-9-14)20-15-10-6-5-7-13(15)11-17/h5-7,10,12,14H,2-4,8-9H2,1H3,(H,18,19). The Kier molecular flexibility index (Phi) is 5.00. The molecule has 1 aromatic rings. The Labute approximate surface area is 119 Å². The van der Waals surface area contributed by atoms with Gasteiger partial charge in [-0.15, -0.1) is 0 Å². The highest BCUT2D eigenvalue weighted by Gasteiger charge is 2.21. The molecule has 20 heavy (non-hydrogen) atoms. The van der Waals surface area contributed by atoms with Gasteiger partial charge in [0.2, 0.25) is 0 Å². The first kappa shape index (κ1) is 14.4. The minimum atomic E-state index is -0.591. The zero-order chi connectivity index (χ0) is 14.4. The molecule has 106 valence electrons. The summed E-state index contributed by atoms with van der Waals surface area (Å²) in [6.45, 7) is 1.71. The van der Waals surface area contributed by atoms with Gasteiger partial charge in [0.1, 0.15) is 11.8 Å². The summed E-state index contributed by atoms with van der Waals surface area (Å²) in [6, 6.07) is 9.30. The van der Waals surface area contributed by atoms with Crippen molar-refractivity contribution in [2.45, 2.75) is 51.2 Å². The van der Waals surface area contributed by atoms with Crippen molar-refractivity contribution < 1.29 is 9.53 Å². The lowest BCUT2D eigenvalue weighted by atomic mass is 9.95. The minimum Gasteiger partial charge on any atom is -0.480 e. The molecule has 0 spiro atoms. The van der Waals surface area contributed by atoms with E-state index in [1.54, 1.807) is 31.2 Å². The van der Waals surface area contributed by atoms with E-state index in [1.165, 1.54) is 19.3 Å². The topological polar surface area (TPSA) is 62.1 Å². The highest BCUT2D eigenvalue weighted by Crippen LogP contribution is 2.20. The van der Waals surface area contributed by atoms with Gasteiger partial charge in [0, 0.05) is 6.04 Å². The van der Waals surface area contributed by atoms with Crippen LogP contribution in [0, 0.1) is 11.3 Å². The van der Waals surface area contributed by atoms with E-state index in [1.807, 2.05) is 0 Å². The van der Waals surface area contributed by atoms with Gasteiger partial charge in [0.05, 0.1) is 5.56 Å². The van der Waals surface area contributed by atoms with Gasteiger partial charge in [0.25, 0.3) is 5.91 Å². The van der Waals surface area contributed by atoms with Crippen molar-refractivity contribution in [1.29, 1.82) is 5.26 Å². The molecular weight excluding hydrogens is 252 g/mol. The number of amides is 1. The number of hydrogen-bond acceptors (Lipinski definition) is 3. The van der Waals surface area contributed by atoms with Gasteiger partial charge in [0.15, 0.2) is 6.10 Å². The molecule has 1 amide bonds. The molecule has 1 aliphatic carbocycles. The average molecular weight is 272 g/mol. The highest BCUT2D eigenvalue weighted by molar-refractivity contribution is 5.81. The molecule has 1 fully saturated rings. The fourth-order valence-corrected chi connectivity index (χ4v) is 2.47. The lowest BCUT2D eigenvalue weighted by Crippen LogP contribution is -2.43. The first-order valence-electron chi connectivity index (χ1n) is 7.17. The van der Waals surface area contributed by atoms with Crippen LogP contribution < -0.4 is 10.1 Å². The van der Waals surface area contributed by atoms with Crippen LogP contribution in [0.15, 0.2) is 24.3 Å². The lowest BCUT2D eigenvalue weighted by Gasteiger charge is -2.24. The number of nitrogens with one attached hydrogen (secondary N) is 1. The van der Waals surface area contributed by atoms with E-state index in [9.17, 15) is 4.79 Å². The van der Waals surface area contributed by atoms with Crippen LogP contribution in [0.25, 0.3) is 0 Å². The monoisotopic (exact) mass is 272 g/mol. The van der Waals surface area contributed by atoms with Crippen LogP contribution in [-0.2, 0) is 4.79 Å². The molecule has 0 aliphatic heterocycles. The second-order valence-electron chi connectivity index (χ2n) is 5.21. The summed E-state index contributed by atoms with van der Waals surface area (Å²) in [7, 11) is 0. The van der Waals surface area contributed by atoms with E-state index in [4.69, 9.17) is 10.00 Å². The molecule has 1 saturated carbocycles. The summed E-state index contributed by atoms with van der Waals surface area (Å²) >= 11 is 0. The van der Waals surface area contributed by atoms with Crippen LogP contribution in [0.1, 0.15) is 44.6 Å². The molecule has 0 saturated heterocycles. The summed E-state index contributed by atoms with van der Waals surface area (Å²) in [5, 5.41) is 12.0. The summed E-state index contributed by atoms with van der Waals surface area (Å²) in [5.41, 5.74) is 0.449. The number of nitriles is 1. The zero-order valence-corrected chi connectivity index (χ0v) is 11.8. The van der Waals surface area contributed by atoms with Gasteiger partial charge in [-0.3, -0.25) is 4.79 Å². The average Bonchev–Trinajstić information content (AvgIpc) is 2.48. The number of benzene rings is 1. The number of carbonyl (C=O) groups is 1. The van der Waals surface area contributed by atoms with Crippen LogP contribution in [0.4, 0.5) is 0 Å². The maximum Gasteiger partial charge on any atom is 0.260 e. The van der Waals surface area contributed by atoms with Crippen molar-refractivity contribution in [3.8, 4) is 11.8 Å². The van der Waals surface area contributed by atoms with Crippen LogP contribution >= 0.6 is 0 Å². The van der Waals surface area contributed by atoms with Gasteiger partial charge in [-0.05, 0) is 31.9 Å². The Morgan fingerprint density at radius 3 is 2.75 bits per heavy atom. The van der Waals surface area contributed by atoms with Crippen molar-refractivity contribution in [2.75, 3.05) is 0 Å². The van der Waals surface area contributed by atoms with E-state index >= 15 is 0 Å². The van der Waals surface area contributed by atoms with E-state index in [-0.39, 0.29) is 11.9 Å². The second-order valence-corrected chi connectivity index (χ2v) is 5.21. The normalized spacial score (nSPS) is 17.0. The SMILES string of the molecule is CC(Oc1ccccc1C#N)C(=O)NC1CCCCC1. The largest absolute Gasteiger partial charge is 0.480 e. The van der Waals surface area contributed by atoms with Gasteiger partial charge < -0.3 is 10.1 Å². The Hall–Kier alpha value is -2.02. The Bertz CT molecular complexity index is 501. The first-order chi connectivity index (χ1) is 9.70. The van der Waals surface area contributed by atoms with Crippen LogP contribution in [0.3, 0.4) is 0 Å². The maximum absolute atomic E-state index is 12.1. The molecule has 2 rings (SSSR count). The van der Waals surface area contributed by atoms with E-state index in [2.05, 4.69) is 11.4 Å². The number of carbonyl (C=O) groups excluding carboxylic acids is 1. The molecule has 4 heteroatoms. The van der Waals surface area contributed by atoms with E-state index < -0.39 is 6.10 Å². The summed E-state index contributed by atoms with van der Waals surface area (Å²) in [4.78, 5) is 12.1. The third-order valence-corrected chi connectivity index (χ3v) is 3.63. The number of rotatable bonds is 4. The maximum atomic E-state index is 12.1. The number of para-hydroxylation sites is 1. The lowest BCUT2D eigenvalue weighted by molar-refractivity contribution is -0.128. The molecule has 0 aromatic heterocycles. The number of ether oxygens (including phenoxy) is 1. The van der Waals surface area contributed by atoms with Crippen molar-refractivity contribution in [2.24, 2.45) is 0 Å². The summed E-state index contributed by atoms with van der Waals surface area (Å²) < 4.78 is 5.61. The smallest absolute Gasteiger partial charge is 0.260 e. The fourth-order valence-electron chi connectivity index (χ4n) is 2.47. The van der Waals surface area contributed by atoms with Crippen molar-refractivity contribution in [3.05, 3.63) is 29.8 Å². The quantitative estimate of drug-likeness (QED) is 0.916. The van der Waals surface area contributed by atoms with Gasteiger partial charge in [-0.2, -0.15) is 5.26 Å². The second kappa shape index (κ2) is 6.95. The predicted octanol–water partition coefficient (Wildman–Crippen LogP) is 2.77. The van der Waals surface area contributed by atoms with E-state index in [0.29, 0.717) is 11.3 Å². The third kappa shape index (κ3) is 3.74. The highest BCUT2D eigenvalue weighted by atomic mass is 16.5. The fraction of sp³-hybridized carbons (Fsp3) is 0.500. The molecule has 1 aromatic carbocycles.